The standard InChI is InChI=1S/C19H29N5O2/c1-13-11-17(22-21-13)19(26)23-9-6-16(7-10-23)24-8-2-3-14(12-24)18(25)20-15-4-5-15/h11,14-16H,2-10,12H2,1H3,(H,20,25)(H,21,22)/t14-/m0/s1. The van der Waals surface area contributed by atoms with Crippen LogP contribution >= 0.6 is 0 Å². The number of amides is 2. The number of likely N-dealkylation sites (tertiary alicyclic amines) is 2. The summed E-state index contributed by atoms with van der Waals surface area (Å²) in [5, 5.41) is 10.1. The Morgan fingerprint density at radius 3 is 2.58 bits per heavy atom. The summed E-state index contributed by atoms with van der Waals surface area (Å²) < 4.78 is 0. The molecule has 2 aliphatic heterocycles. The highest BCUT2D eigenvalue weighted by Gasteiger charge is 2.34. The lowest BCUT2D eigenvalue weighted by Gasteiger charge is -2.41. The molecular weight excluding hydrogens is 330 g/mol. The van der Waals surface area contributed by atoms with E-state index >= 15 is 0 Å². The lowest BCUT2D eigenvalue weighted by molar-refractivity contribution is -0.127. The lowest BCUT2D eigenvalue weighted by Crippen LogP contribution is -2.51. The van der Waals surface area contributed by atoms with Gasteiger partial charge in [-0.1, -0.05) is 0 Å². The second-order valence-corrected chi connectivity index (χ2v) is 8.08. The Bertz CT molecular complexity index is 661. The number of aromatic amines is 1. The largest absolute Gasteiger partial charge is 0.353 e. The third-order valence-electron chi connectivity index (χ3n) is 5.94. The van der Waals surface area contributed by atoms with Crippen molar-refractivity contribution in [3.05, 3.63) is 17.5 Å². The van der Waals surface area contributed by atoms with Crippen LogP contribution in [0.5, 0.6) is 0 Å². The van der Waals surface area contributed by atoms with Crippen molar-refractivity contribution in [2.45, 2.75) is 57.5 Å². The van der Waals surface area contributed by atoms with Crippen LogP contribution in [0, 0.1) is 12.8 Å². The van der Waals surface area contributed by atoms with Crippen molar-refractivity contribution < 1.29 is 9.59 Å². The quantitative estimate of drug-likeness (QED) is 0.849. The summed E-state index contributed by atoms with van der Waals surface area (Å²) in [4.78, 5) is 29.3. The number of rotatable bonds is 4. The summed E-state index contributed by atoms with van der Waals surface area (Å²) in [5.41, 5.74) is 1.42. The van der Waals surface area contributed by atoms with E-state index in [0.29, 0.717) is 17.8 Å². The van der Waals surface area contributed by atoms with Gasteiger partial charge in [0.25, 0.3) is 5.91 Å². The molecule has 1 aromatic rings. The van der Waals surface area contributed by atoms with Gasteiger partial charge in [0.05, 0.1) is 5.92 Å². The van der Waals surface area contributed by atoms with Crippen LogP contribution in [0.4, 0.5) is 0 Å². The molecule has 2 amide bonds. The van der Waals surface area contributed by atoms with Gasteiger partial charge in [-0.3, -0.25) is 19.6 Å². The lowest BCUT2D eigenvalue weighted by atomic mass is 9.93. The molecule has 0 spiro atoms. The number of piperidine rings is 2. The maximum atomic E-state index is 12.5. The van der Waals surface area contributed by atoms with E-state index in [9.17, 15) is 9.59 Å². The number of nitrogens with one attached hydrogen (secondary N) is 2. The van der Waals surface area contributed by atoms with Gasteiger partial charge in [0, 0.05) is 37.4 Å². The van der Waals surface area contributed by atoms with Crippen molar-refractivity contribution in [2.24, 2.45) is 5.92 Å². The fourth-order valence-corrected chi connectivity index (χ4v) is 4.22. The Morgan fingerprint density at radius 2 is 1.92 bits per heavy atom. The monoisotopic (exact) mass is 359 g/mol. The van der Waals surface area contributed by atoms with Gasteiger partial charge in [-0.05, 0) is 58.1 Å². The summed E-state index contributed by atoms with van der Waals surface area (Å²) in [6.45, 7) is 5.39. The fraction of sp³-hybridized carbons (Fsp3) is 0.737. The molecule has 0 bridgehead atoms. The van der Waals surface area contributed by atoms with E-state index in [-0.39, 0.29) is 17.7 Å². The summed E-state index contributed by atoms with van der Waals surface area (Å²) in [5.74, 6) is 0.405. The first-order chi connectivity index (χ1) is 12.6. The van der Waals surface area contributed by atoms with Crippen molar-refractivity contribution >= 4 is 11.8 Å². The van der Waals surface area contributed by atoms with E-state index in [1.54, 1.807) is 0 Å². The zero-order chi connectivity index (χ0) is 18.1. The molecule has 1 aromatic heterocycles. The number of carbonyl (C=O) groups excluding carboxylic acids is 2. The number of nitrogens with zero attached hydrogens (tertiary/aromatic N) is 3. The SMILES string of the molecule is Cc1cc(C(=O)N2CCC(N3CCC[C@H](C(=O)NC4CC4)C3)CC2)n[nH]1. The van der Waals surface area contributed by atoms with Crippen molar-refractivity contribution in [2.75, 3.05) is 26.2 Å². The van der Waals surface area contributed by atoms with Crippen LogP contribution in [0.3, 0.4) is 0 Å². The average Bonchev–Trinajstić information content (AvgIpc) is 3.38. The molecule has 2 N–H and O–H groups in total. The van der Waals surface area contributed by atoms with E-state index in [2.05, 4.69) is 20.4 Å². The molecule has 3 fully saturated rings. The molecule has 7 nitrogen and oxygen atoms in total. The summed E-state index contributed by atoms with van der Waals surface area (Å²) >= 11 is 0. The zero-order valence-corrected chi connectivity index (χ0v) is 15.5. The molecular formula is C19H29N5O2. The molecule has 2 saturated heterocycles. The second kappa shape index (κ2) is 7.39. The number of H-pyrrole nitrogens is 1. The Balaban J connectivity index is 1.28. The number of carbonyl (C=O) groups is 2. The average molecular weight is 359 g/mol. The van der Waals surface area contributed by atoms with Gasteiger partial charge in [0.2, 0.25) is 5.91 Å². The smallest absolute Gasteiger partial charge is 0.274 e. The molecule has 0 radical (unpaired) electrons. The molecule has 3 heterocycles. The zero-order valence-electron chi connectivity index (χ0n) is 15.5. The number of hydrogen-bond donors (Lipinski definition) is 2. The van der Waals surface area contributed by atoms with Gasteiger partial charge < -0.3 is 10.2 Å². The van der Waals surface area contributed by atoms with Gasteiger partial charge in [-0.15, -0.1) is 0 Å². The van der Waals surface area contributed by atoms with Gasteiger partial charge in [0.1, 0.15) is 5.69 Å². The minimum atomic E-state index is 0.0214. The molecule has 1 atom stereocenters. The van der Waals surface area contributed by atoms with Gasteiger partial charge in [-0.25, -0.2) is 0 Å². The number of aryl methyl sites for hydroxylation is 1. The number of hydrogen-bond acceptors (Lipinski definition) is 4. The van der Waals surface area contributed by atoms with Gasteiger partial charge >= 0.3 is 0 Å². The fourth-order valence-electron chi connectivity index (χ4n) is 4.22. The van der Waals surface area contributed by atoms with E-state index in [1.165, 1.54) is 0 Å². The normalized spacial score (nSPS) is 25.3. The predicted molar refractivity (Wildman–Crippen MR) is 97.7 cm³/mol. The molecule has 7 heteroatoms. The molecule has 0 unspecified atom stereocenters. The second-order valence-electron chi connectivity index (χ2n) is 8.08. The summed E-state index contributed by atoms with van der Waals surface area (Å²) in [7, 11) is 0. The molecule has 3 aliphatic rings. The Kier molecular flexibility index (Phi) is 4.98. The first kappa shape index (κ1) is 17.5. The number of aromatic nitrogens is 2. The summed E-state index contributed by atoms with van der Waals surface area (Å²) in [6, 6.07) is 2.73. The van der Waals surface area contributed by atoms with E-state index in [0.717, 1.165) is 70.4 Å². The Labute approximate surface area is 154 Å². The van der Waals surface area contributed by atoms with E-state index in [4.69, 9.17) is 0 Å². The molecule has 1 saturated carbocycles. The maximum absolute atomic E-state index is 12.5. The Morgan fingerprint density at radius 1 is 1.15 bits per heavy atom. The van der Waals surface area contributed by atoms with Crippen LogP contribution in [0.15, 0.2) is 6.07 Å². The van der Waals surface area contributed by atoms with Crippen LogP contribution in [0.2, 0.25) is 0 Å². The minimum absolute atomic E-state index is 0.0214. The minimum Gasteiger partial charge on any atom is -0.353 e. The van der Waals surface area contributed by atoms with Crippen molar-refractivity contribution in [3.63, 3.8) is 0 Å². The van der Waals surface area contributed by atoms with Crippen LogP contribution in [0.1, 0.15) is 54.7 Å². The highest BCUT2D eigenvalue weighted by atomic mass is 16.2. The molecule has 142 valence electrons. The van der Waals surface area contributed by atoms with Crippen LogP contribution in [0.25, 0.3) is 0 Å². The van der Waals surface area contributed by atoms with Crippen LogP contribution < -0.4 is 5.32 Å². The third kappa shape index (κ3) is 3.92. The first-order valence-electron chi connectivity index (χ1n) is 9.96. The maximum Gasteiger partial charge on any atom is 0.274 e. The molecule has 26 heavy (non-hydrogen) atoms. The van der Waals surface area contributed by atoms with Crippen molar-refractivity contribution in [1.29, 1.82) is 0 Å². The van der Waals surface area contributed by atoms with E-state index < -0.39 is 0 Å². The molecule has 0 aromatic carbocycles. The molecule has 1 aliphatic carbocycles. The van der Waals surface area contributed by atoms with Crippen LogP contribution in [-0.2, 0) is 4.79 Å². The van der Waals surface area contributed by atoms with Crippen LogP contribution in [-0.4, -0.2) is 70.1 Å². The van der Waals surface area contributed by atoms with Gasteiger partial charge in [0.15, 0.2) is 0 Å². The third-order valence-corrected chi connectivity index (χ3v) is 5.94. The van der Waals surface area contributed by atoms with Crippen molar-refractivity contribution in [1.82, 2.24) is 25.3 Å². The topological polar surface area (TPSA) is 81.3 Å². The highest BCUT2D eigenvalue weighted by molar-refractivity contribution is 5.92. The summed E-state index contributed by atoms with van der Waals surface area (Å²) in [6.07, 6.45) is 6.34. The Hall–Kier alpha value is -1.89. The van der Waals surface area contributed by atoms with Gasteiger partial charge in [-0.2, -0.15) is 5.10 Å². The highest BCUT2D eigenvalue weighted by Crippen LogP contribution is 2.26. The predicted octanol–water partition coefficient (Wildman–Crippen LogP) is 1.31. The van der Waals surface area contributed by atoms with Crippen molar-refractivity contribution in [3.8, 4) is 0 Å². The van der Waals surface area contributed by atoms with E-state index in [1.807, 2.05) is 17.9 Å². The first-order valence-corrected chi connectivity index (χ1v) is 9.96. The molecule has 4 rings (SSSR count).